The molecule has 4 nitrogen and oxygen atoms in total. The molecule has 0 fully saturated rings. The Bertz CT molecular complexity index is 342. The Hall–Kier alpha value is -1.10. The number of hydrogen-bond donors (Lipinski definition) is 2. The Labute approximate surface area is 108 Å². The van der Waals surface area contributed by atoms with Crippen LogP contribution >= 0.6 is 12.4 Å². The van der Waals surface area contributed by atoms with E-state index >= 15 is 0 Å². The van der Waals surface area contributed by atoms with E-state index in [9.17, 15) is 4.79 Å². The molecule has 4 N–H and O–H groups in total. The second-order valence-electron chi connectivity index (χ2n) is 3.85. The van der Waals surface area contributed by atoms with E-state index in [1.54, 1.807) is 0 Å². The quantitative estimate of drug-likeness (QED) is 0.621. The second kappa shape index (κ2) is 7.27. The first kappa shape index (κ1) is 15.9. The summed E-state index contributed by atoms with van der Waals surface area (Å²) in [5, 5.41) is 0. The Kier molecular flexibility index (Phi) is 6.80. The summed E-state index contributed by atoms with van der Waals surface area (Å²) >= 11 is 0. The average Bonchev–Trinajstić information content (AvgIpc) is 2.27. The van der Waals surface area contributed by atoms with Crippen LogP contribution in [0.5, 0.6) is 0 Å². The predicted molar refractivity (Wildman–Crippen MR) is 69.5 cm³/mol. The Morgan fingerprint density at radius 1 is 1.29 bits per heavy atom. The van der Waals surface area contributed by atoms with E-state index in [-0.39, 0.29) is 19.0 Å². The molecule has 1 aromatic rings. The number of carbonyl (C=O) groups excluding carboxylic acids is 1. The molecule has 5 heteroatoms. The van der Waals surface area contributed by atoms with Crippen LogP contribution in [-0.4, -0.2) is 11.6 Å². The van der Waals surface area contributed by atoms with Crippen LogP contribution in [0, 0.1) is 0 Å². The monoisotopic (exact) mass is 258 g/mol. The Morgan fingerprint density at radius 2 is 1.88 bits per heavy atom. The van der Waals surface area contributed by atoms with E-state index < -0.39 is 11.6 Å². The van der Waals surface area contributed by atoms with Crippen molar-refractivity contribution in [3.8, 4) is 0 Å². The third kappa shape index (κ3) is 5.17. The van der Waals surface area contributed by atoms with Crippen LogP contribution in [0.3, 0.4) is 0 Å². The molecule has 0 amide bonds. The van der Waals surface area contributed by atoms with Crippen LogP contribution in [0.1, 0.15) is 25.3 Å². The van der Waals surface area contributed by atoms with Gasteiger partial charge in [0.05, 0.1) is 0 Å². The molecule has 1 rings (SSSR count). The van der Waals surface area contributed by atoms with Gasteiger partial charge in [0.1, 0.15) is 6.61 Å². The lowest BCUT2D eigenvalue weighted by Crippen LogP contribution is -2.57. The van der Waals surface area contributed by atoms with E-state index in [1.165, 1.54) is 0 Å². The van der Waals surface area contributed by atoms with Gasteiger partial charge in [-0.25, -0.2) is 4.79 Å². The second-order valence-corrected chi connectivity index (χ2v) is 3.85. The molecule has 17 heavy (non-hydrogen) atoms. The largest absolute Gasteiger partial charge is 0.458 e. The lowest BCUT2D eigenvalue weighted by atomic mass is 10.1. The van der Waals surface area contributed by atoms with Gasteiger partial charge in [-0.1, -0.05) is 43.7 Å². The minimum absolute atomic E-state index is 0. The van der Waals surface area contributed by atoms with Crippen molar-refractivity contribution in [3.05, 3.63) is 35.9 Å². The van der Waals surface area contributed by atoms with Crippen LogP contribution < -0.4 is 11.5 Å². The molecule has 0 spiro atoms. The number of ether oxygens (including phenoxy) is 1. The van der Waals surface area contributed by atoms with Crippen molar-refractivity contribution < 1.29 is 9.53 Å². The zero-order valence-electron chi connectivity index (χ0n) is 9.89. The summed E-state index contributed by atoms with van der Waals surface area (Å²) in [6.07, 6.45) is 1.16. The zero-order chi connectivity index (χ0) is 12.0. The maximum Gasteiger partial charge on any atom is 0.341 e. The van der Waals surface area contributed by atoms with Gasteiger partial charge in [-0.2, -0.15) is 0 Å². The molecule has 0 atom stereocenters. The van der Waals surface area contributed by atoms with Gasteiger partial charge in [-0.05, 0) is 12.0 Å². The minimum atomic E-state index is -1.37. The molecule has 0 aliphatic rings. The number of benzene rings is 1. The highest BCUT2D eigenvalue weighted by Gasteiger charge is 2.29. The van der Waals surface area contributed by atoms with Crippen LogP contribution in [0.4, 0.5) is 0 Å². The summed E-state index contributed by atoms with van der Waals surface area (Å²) in [4.78, 5) is 11.6. The van der Waals surface area contributed by atoms with E-state index in [1.807, 2.05) is 37.3 Å². The SMILES string of the molecule is CCCC(N)(N)C(=O)OCc1ccccc1.Cl. The van der Waals surface area contributed by atoms with E-state index in [4.69, 9.17) is 16.2 Å². The fraction of sp³-hybridized carbons (Fsp3) is 0.417. The first-order chi connectivity index (χ1) is 7.56. The van der Waals surface area contributed by atoms with Gasteiger partial charge in [0.25, 0.3) is 0 Å². The fourth-order valence-corrected chi connectivity index (χ4v) is 1.37. The zero-order valence-corrected chi connectivity index (χ0v) is 10.7. The van der Waals surface area contributed by atoms with Crippen molar-refractivity contribution in [1.29, 1.82) is 0 Å². The number of hydrogen-bond acceptors (Lipinski definition) is 4. The number of nitrogens with two attached hydrogens (primary N) is 2. The summed E-state index contributed by atoms with van der Waals surface area (Å²) < 4.78 is 5.06. The highest BCUT2D eigenvalue weighted by atomic mass is 35.5. The van der Waals surface area contributed by atoms with E-state index in [0.717, 1.165) is 12.0 Å². The van der Waals surface area contributed by atoms with Gasteiger partial charge in [-0.15, -0.1) is 12.4 Å². The van der Waals surface area contributed by atoms with Crippen molar-refractivity contribution in [2.24, 2.45) is 11.5 Å². The molecule has 0 bridgehead atoms. The average molecular weight is 259 g/mol. The van der Waals surface area contributed by atoms with Crippen LogP contribution in [0.2, 0.25) is 0 Å². The van der Waals surface area contributed by atoms with E-state index in [2.05, 4.69) is 0 Å². The smallest absolute Gasteiger partial charge is 0.341 e. The predicted octanol–water partition coefficient (Wildman–Crippen LogP) is 1.57. The highest BCUT2D eigenvalue weighted by molar-refractivity contribution is 5.85. The maximum absolute atomic E-state index is 11.6. The van der Waals surface area contributed by atoms with Gasteiger partial charge < -0.3 is 16.2 Å². The van der Waals surface area contributed by atoms with E-state index in [0.29, 0.717) is 6.42 Å². The fourth-order valence-electron chi connectivity index (χ4n) is 1.37. The molecule has 0 aliphatic carbocycles. The Balaban J connectivity index is 0.00000256. The number of halogens is 1. The van der Waals surface area contributed by atoms with Crippen molar-refractivity contribution in [2.75, 3.05) is 0 Å². The van der Waals surface area contributed by atoms with Gasteiger partial charge in [-0.3, -0.25) is 0 Å². The molecule has 0 aromatic heterocycles. The summed E-state index contributed by atoms with van der Waals surface area (Å²) in [5.41, 5.74) is 10.8. The van der Waals surface area contributed by atoms with Crippen LogP contribution in [0.25, 0.3) is 0 Å². The molecule has 0 heterocycles. The number of rotatable bonds is 5. The van der Waals surface area contributed by atoms with Gasteiger partial charge in [0.2, 0.25) is 0 Å². The third-order valence-electron chi connectivity index (χ3n) is 2.26. The van der Waals surface area contributed by atoms with Crippen molar-refractivity contribution >= 4 is 18.4 Å². The summed E-state index contributed by atoms with van der Waals surface area (Å²) in [6, 6.07) is 9.42. The molecule has 0 saturated heterocycles. The first-order valence-electron chi connectivity index (χ1n) is 5.35. The first-order valence-corrected chi connectivity index (χ1v) is 5.35. The Morgan fingerprint density at radius 3 is 2.41 bits per heavy atom. The topological polar surface area (TPSA) is 78.3 Å². The van der Waals surface area contributed by atoms with Gasteiger partial charge in [0.15, 0.2) is 5.66 Å². The highest BCUT2D eigenvalue weighted by Crippen LogP contribution is 2.07. The van der Waals surface area contributed by atoms with Crippen LogP contribution in [0.15, 0.2) is 30.3 Å². The molecule has 0 unspecified atom stereocenters. The molecule has 1 aromatic carbocycles. The number of esters is 1. The van der Waals surface area contributed by atoms with Crippen LogP contribution in [-0.2, 0) is 16.1 Å². The lowest BCUT2D eigenvalue weighted by Gasteiger charge is -2.21. The molecule has 96 valence electrons. The minimum Gasteiger partial charge on any atom is -0.458 e. The third-order valence-corrected chi connectivity index (χ3v) is 2.26. The van der Waals surface area contributed by atoms with Crippen molar-refractivity contribution in [2.45, 2.75) is 32.0 Å². The van der Waals surface area contributed by atoms with Gasteiger partial charge >= 0.3 is 5.97 Å². The summed E-state index contributed by atoms with van der Waals surface area (Å²) in [7, 11) is 0. The van der Waals surface area contributed by atoms with Crippen molar-refractivity contribution in [3.63, 3.8) is 0 Å². The lowest BCUT2D eigenvalue weighted by molar-refractivity contribution is -0.151. The molecule has 0 radical (unpaired) electrons. The molecular formula is C12H19ClN2O2. The maximum atomic E-state index is 11.6. The standard InChI is InChI=1S/C12H18N2O2.ClH/c1-2-8-12(13,14)11(15)16-9-10-6-4-3-5-7-10;/h3-7H,2,8-9,13-14H2,1H3;1H. The normalized spacial score (nSPS) is 10.5. The summed E-state index contributed by atoms with van der Waals surface area (Å²) in [6.45, 7) is 2.12. The summed E-state index contributed by atoms with van der Waals surface area (Å²) in [5.74, 6) is -0.557. The van der Waals surface area contributed by atoms with Crippen molar-refractivity contribution in [1.82, 2.24) is 0 Å². The molecule has 0 aliphatic heterocycles. The molecule has 0 saturated carbocycles. The number of carbonyl (C=O) groups is 1. The van der Waals surface area contributed by atoms with Gasteiger partial charge in [0, 0.05) is 0 Å². The molecular weight excluding hydrogens is 240 g/mol.